The summed E-state index contributed by atoms with van der Waals surface area (Å²) in [6.45, 7) is 3.66. The molecule has 0 atom stereocenters. The lowest BCUT2D eigenvalue weighted by atomic mass is 9.97. The van der Waals surface area contributed by atoms with Gasteiger partial charge >= 0.3 is 11.8 Å². The summed E-state index contributed by atoms with van der Waals surface area (Å²) in [7, 11) is 0. The first-order valence-corrected chi connectivity index (χ1v) is 11.4. The van der Waals surface area contributed by atoms with Gasteiger partial charge in [-0.25, -0.2) is 4.98 Å². The number of nitrogens with zero attached hydrogens (tertiary/aromatic N) is 2. The lowest BCUT2D eigenvalue weighted by Crippen LogP contribution is -2.41. The van der Waals surface area contributed by atoms with Crippen LogP contribution < -0.4 is 20.9 Å². The number of hydrogen-bond acceptors (Lipinski definition) is 6. The number of aromatic nitrogens is 1. The minimum absolute atomic E-state index is 0.174. The molecule has 1 aliphatic rings. The van der Waals surface area contributed by atoms with Crippen molar-refractivity contribution in [3.05, 3.63) is 48.5 Å². The van der Waals surface area contributed by atoms with Crippen molar-refractivity contribution < 1.29 is 14.4 Å². The van der Waals surface area contributed by atoms with Crippen LogP contribution in [0.25, 0.3) is 10.2 Å². The summed E-state index contributed by atoms with van der Waals surface area (Å²) in [6.07, 6.45) is 1.87. The van der Waals surface area contributed by atoms with Crippen molar-refractivity contribution in [2.24, 2.45) is 5.92 Å². The number of piperidine rings is 1. The number of carbonyl (C=O) groups excluding carboxylic acids is 3. The maximum Gasteiger partial charge on any atom is 0.313 e. The zero-order valence-electron chi connectivity index (χ0n) is 17.8. The molecule has 0 spiro atoms. The highest BCUT2D eigenvalue weighted by Gasteiger charge is 2.23. The van der Waals surface area contributed by atoms with Gasteiger partial charge in [-0.2, -0.15) is 0 Å². The number of hydrogen-bond donors (Lipinski definition) is 3. The van der Waals surface area contributed by atoms with E-state index in [9.17, 15) is 14.4 Å². The van der Waals surface area contributed by atoms with Gasteiger partial charge in [0.05, 0.1) is 10.2 Å². The van der Waals surface area contributed by atoms with Crippen LogP contribution in [0.5, 0.6) is 0 Å². The number of amides is 3. The van der Waals surface area contributed by atoms with Gasteiger partial charge in [-0.3, -0.25) is 14.4 Å². The highest BCUT2D eigenvalue weighted by molar-refractivity contribution is 7.22. The summed E-state index contributed by atoms with van der Waals surface area (Å²) in [5.74, 6) is -1.20. The number of fused-ring (bicyclic) bond motifs is 1. The van der Waals surface area contributed by atoms with Gasteiger partial charge in [0.25, 0.3) is 0 Å². The first-order chi connectivity index (χ1) is 15.5. The Morgan fingerprint density at radius 2 is 1.62 bits per heavy atom. The molecule has 166 valence electrons. The minimum Gasteiger partial charge on any atom is -0.348 e. The molecular weight excluding hydrogens is 426 g/mol. The fourth-order valence-corrected chi connectivity index (χ4v) is 4.69. The molecule has 0 radical (unpaired) electrons. The molecule has 0 aliphatic carbocycles. The van der Waals surface area contributed by atoms with Gasteiger partial charge in [0.15, 0.2) is 5.13 Å². The number of anilines is 3. The summed E-state index contributed by atoms with van der Waals surface area (Å²) in [5.41, 5.74) is 2.14. The third-order valence-corrected chi connectivity index (χ3v) is 6.49. The molecule has 3 aromatic rings. The number of nitrogens with one attached hydrogen (secondary N) is 3. The molecule has 8 nitrogen and oxygen atoms in total. The molecule has 1 aromatic heterocycles. The van der Waals surface area contributed by atoms with Crippen LogP contribution in [0.1, 0.15) is 19.8 Å². The second-order valence-corrected chi connectivity index (χ2v) is 8.83. The van der Waals surface area contributed by atoms with Crippen molar-refractivity contribution in [3.8, 4) is 0 Å². The fourth-order valence-electron chi connectivity index (χ4n) is 3.67. The topological polar surface area (TPSA) is 103 Å². The second-order valence-electron chi connectivity index (χ2n) is 7.82. The third kappa shape index (κ3) is 5.42. The molecular formula is C23H25N5O3S. The molecule has 1 saturated heterocycles. The molecule has 9 heteroatoms. The summed E-state index contributed by atoms with van der Waals surface area (Å²) >= 11 is 1.70. The monoisotopic (exact) mass is 451 g/mol. The first-order valence-electron chi connectivity index (χ1n) is 10.6. The first kappa shape index (κ1) is 21.8. The number of para-hydroxylation sites is 1. The van der Waals surface area contributed by atoms with Crippen molar-refractivity contribution in [1.82, 2.24) is 10.3 Å². The largest absolute Gasteiger partial charge is 0.348 e. The van der Waals surface area contributed by atoms with E-state index in [1.807, 2.05) is 18.2 Å². The van der Waals surface area contributed by atoms with Gasteiger partial charge < -0.3 is 20.9 Å². The summed E-state index contributed by atoms with van der Waals surface area (Å²) in [5, 5.41) is 9.01. The Balaban J connectivity index is 1.21. The number of benzene rings is 2. The van der Waals surface area contributed by atoms with Crippen LogP contribution in [0.3, 0.4) is 0 Å². The quantitative estimate of drug-likeness (QED) is 0.517. The third-order valence-electron chi connectivity index (χ3n) is 5.39. The van der Waals surface area contributed by atoms with Crippen molar-refractivity contribution >= 4 is 55.8 Å². The lowest BCUT2D eigenvalue weighted by molar-refractivity contribution is -0.136. The average molecular weight is 452 g/mol. The maximum atomic E-state index is 12.2. The zero-order chi connectivity index (χ0) is 22.5. The van der Waals surface area contributed by atoms with E-state index in [0.717, 1.165) is 36.6 Å². The predicted octanol–water partition coefficient (Wildman–Crippen LogP) is 3.23. The summed E-state index contributed by atoms with van der Waals surface area (Å²) in [4.78, 5) is 42.4. The van der Waals surface area contributed by atoms with Crippen molar-refractivity contribution in [3.63, 3.8) is 0 Å². The maximum absolute atomic E-state index is 12.2. The number of carbonyl (C=O) groups is 3. The standard InChI is InChI=1S/C23H25N5O3S/c1-15(29)25-17-6-8-18(9-7-17)26-22(31)21(30)24-14-16-10-12-28(13-11-16)23-27-19-4-2-3-5-20(19)32-23/h2-9,16H,10-14H2,1H3,(H,24,30)(H,25,29)(H,26,31). The molecule has 1 aliphatic heterocycles. The van der Waals surface area contributed by atoms with E-state index in [-0.39, 0.29) is 5.91 Å². The molecule has 3 amide bonds. The van der Waals surface area contributed by atoms with E-state index in [0.29, 0.717) is 23.8 Å². The molecule has 3 N–H and O–H groups in total. The molecule has 0 saturated carbocycles. The van der Waals surface area contributed by atoms with E-state index in [2.05, 4.69) is 26.9 Å². The van der Waals surface area contributed by atoms with Crippen molar-refractivity contribution in [1.29, 1.82) is 0 Å². The molecule has 0 unspecified atom stereocenters. The molecule has 0 bridgehead atoms. The lowest BCUT2D eigenvalue weighted by Gasteiger charge is -2.31. The van der Waals surface area contributed by atoms with Gasteiger partial charge in [-0.1, -0.05) is 23.5 Å². The van der Waals surface area contributed by atoms with E-state index in [1.54, 1.807) is 35.6 Å². The van der Waals surface area contributed by atoms with Crippen LogP contribution in [-0.2, 0) is 14.4 Å². The molecule has 2 aromatic carbocycles. The Morgan fingerprint density at radius 3 is 2.28 bits per heavy atom. The Bertz CT molecular complexity index is 1090. The normalized spacial score (nSPS) is 14.2. The summed E-state index contributed by atoms with van der Waals surface area (Å²) < 4.78 is 1.19. The van der Waals surface area contributed by atoms with Crippen molar-refractivity contribution in [2.45, 2.75) is 19.8 Å². The van der Waals surface area contributed by atoms with E-state index >= 15 is 0 Å². The SMILES string of the molecule is CC(=O)Nc1ccc(NC(=O)C(=O)NCC2CCN(c3nc4ccccc4s3)CC2)cc1. The molecule has 2 heterocycles. The Morgan fingerprint density at radius 1 is 0.969 bits per heavy atom. The molecule has 32 heavy (non-hydrogen) atoms. The molecule has 1 fully saturated rings. The van der Waals surface area contributed by atoms with Gasteiger partial charge in [-0.05, 0) is 55.2 Å². The van der Waals surface area contributed by atoms with Crippen LogP contribution in [-0.4, -0.2) is 42.3 Å². The predicted molar refractivity (Wildman–Crippen MR) is 127 cm³/mol. The van der Waals surface area contributed by atoms with Crippen molar-refractivity contribution in [2.75, 3.05) is 35.2 Å². The highest BCUT2D eigenvalue weighted by atomic mass is 32.1. The summed E-state index contributed by atoms with van der Waals surface area (Å²) in [6, 6.07) is 14.7. The second kappa shape index (κ2) is 9.78. The van der Waals surface area contributed by atoms with Gasteiger partial charge in [-0.15, -0.1) is 0 Å². The number of rotatable bonds is 5. The van der Waals surface area contributed by atoms with Crippen LogP contribution in [0.2, 0.25) is 0 Å². The zero-order valence-corrected chi connectivity index (χ0v) is 18.6. The van der Waals surface area contributed by atoms with Gasteiger partial charge in [0.1, 0.15) is 0 Å². The van der Waals surface area contributed by atoms with Crippen LogP contribution in [0.4, 0.5) is 16.5 Å². The Kier molecular flexibility index (Phi) is 6.65. The smallest absolute Gasteiger partial charge is 0.313 e. The highest BCUT2D eigenvalue weighted by Crippen LogP contribution is 2.31. The van der Waals surface area contributed by atoms with E-state index in [1.165, 1.54) is 11.6 Å². The average Bonchev–Trinajstić information content (AvgIpc) is 3.23. The van der Waals surface area contributed by atoms with Crippen LogP contribution in [0.15, 0.2) is 48.5 Å². The minimum atomic E-state index is -0.704. The van der Waals surface area contributed by atoms with E-state index in [4.69, 9.17) is 4.98 Å². The Hall–Kier alpha value is -3.46. The van der Waals surface area contributed by atoms with Gasteiger partial charge in [0, 0.05) is 37.9 Å². The van der Waals surface area contributed by atoms with Crippen LogP contribution in [0, 0.1) is 5.92 Å². The van der Waals surface area contributed by atoms with Gasteiger partial charge in [0.2, 0.25) is 5.91 Å². The fraction of sp³-hybridized carbons (Fsp3) is 0.304. The van der Waals surface area contributed by atoms with Crippen LogP contribution >= 0.6 is 11.3 Å². The van der Waals surface area contributed by atoms with E-state index < -0.39 is 11.8 Å². The number of thiazole rings is 1. The Labute approximate surface area is 190 Å². The molecule has 4 rings (SSSR count).